The van der Waals surface area contributed by atoms with Crippen LogP contribution in [0.2, 0.25) is 0 Å². The van der Waals surface area contributed by atoms with Gasteiger partial charge in [-0.25, -0.2) is 0 Å². The van der Waals surface area contributed by atoms with Crippen LogP contribution in [-0.4, -0.2) is 24.7 Å². The summed E-state index contributed by atoms with van der Waals surface area (Å²) in [6.07, 6.45) is 2.44. The fraction of sp³-hybridized carbons (Fsp3) is 0.533. The summed E-state index contributed by atoms with van der Waals surface area (Å²) in [7, 11) is 1.46. The Labute approximate surface area is 109 Å². The van der Waals surface area contributed by atoms with Crippen molar-refractivity contribution in [3.63, 3.8) is 0 Å². The summed E-state index contributed by atoms with van der Waals surface area (Å²) in [4.78, 5) is 12.2. The molecular weight excluding hydrogens is 226 g/mol. The zero-order chi connectivity index (χ0) is 13.2. The maximum absolute atomic E-state index is 12.2. The number of rotatable bonds is 4. The predicted octanol–water partition coefficient (Wildman–Crippen LogP) is 2.09. The van der Waals surface area contributed by atoms with Gasteiger partial charge in [0.1, 0.15) is 5.54 Å². The number of methoxy groups -OCH3 is 1. The number of fused-ring (bicyclic) bond motifs is 1. The molecular formula is C15H21NO2. The highest BCUT2D eigenvalue weighted by Crippen LogP contribution is 2.31. The average Bonchev–Trinajstić information content (AvgIpc) is 2.76. The molecule has 1 unspecified atom stereocenters. The number of nitrogens with one attached hydrogen (secondary N) is 1. The molecule has 0 saturated heterocycles. The Hall–Kier alpha value is -1.35. The van der Waals surface area contributed by atoms with Crippen LogP contribution in [0.4, 0.5) is 0 Å². The molecule has 0 heterocycles. The molecule has 0 bridgehead atoms. The van der Waals surface area contributed by atoms with Gasteiger partial charge in [-0.1, -0.05) is 31.2 Å². The summed E-state index contributed by atoms with van der Waals surface area (Å²) in [6.45, 7) is 4.22. The lowest BCUT2D eigenvalue weighted by Gasteiger charge is -2.30. The van der Waals surface area contributed by atoms with Crippen molar-refractivity contribution in [2.24, 2.45) is 0 Å². The first-order valence-electron chi connectivity index (χ1n) is 6.54. The van der Waals surface area contributed by atoms with E-state index in [-0.39, 0.29) is 5.97 Å². The summed E-state index contributed by atoms with van der Waals surface area (Å²) in [5.74, 6) is -0.154. The van der Waals surface area contributed by atoms with Gasteiger partial charge in [-0.15, -0.1) is 0 Å². The number of carbonyl (C=O) groups is 1. The maximum Gasteiger partial charge on any atom is 0.326 e. The summed E-state index contributed by atoms with van der Waals surface area (Å²) in [5, 5.41) is 3.47. The SMILES string of the molecule is CCC(C)NC1(C(=O)OC)Cc2ccccc2C1. The molecule has 3 heteroatoms. The van der Waals surface area contributed by atoms with Gasteiger partial charge in [0, 0.05) is 18.9 Å². The third-order valence-corrected chi connectivity index (χ3v) is 3.81. The van der Waals surface area contributed by atoms with E-state index in [1.807, 2.05) is 12.1 Å². The second kappa shape index (κ2) is 5.11. The molecule has 0 spiro atoms. The maximum atomic E-state index is 12.2. The summed E-state index contributed by atoms with van der Waals surface area (Å²) in [6, 6.07) is 8.54. The van der Waals surface area contributed by atoms with Crippen molar-refractivity contribution < 1.29 is 9.53 Å². The summed E-state index contributed by atoms with van der Waals surface area (Å²) >= 11 is 0. The van der Waals surface area contributed by atoms with Crippen molar-refractivity contribution in [2.45, 2.75) is 44.7 Å². The lowest BCUT2D eigenvalue weighted by molar-refractivity contribution is -0.148. The first-order valence-corrected chi connectivity index (χ1v) is 6.54. The lowest BCUT2D eigenvalue weighted by Crippen LogP contribution is -2.56. The van der Waals surface area contributed by atoms with Gasteiger partial charge in [0.25, 0.3) is 0 Å². The zero-order valence-corrected chi connectivity index (χ0v) is 11.3. The van der Waals surface area contributed by atoms with E-state index < -0.39 is 5.54 Å². The number of hydrogen-bond acceptors (Lipinski definition) is 3. The topological polar surface area (TPSA) is 38.3 Å². The largest absolute Gasteiger partial charge is 0.468 e. The second-order valence-corrected chi connectivity index (χ2v) is 5.15. The van der Waals surface area contributed by atoms with Gasteiger partial charge in [-0.3, -0.25) is 10.1 Å². The highest BCUT2D eigenvalue weighted by Gasteiger charge is 2.45. The van der Waals surface area contributed by atoms with E-state index in [4.69, 9.17) is 4.74 Å². The zero-order valence-electron chi connectivity index (χ0n) is 11.3. The molecule has 3 nitrogen and oxygen atoms in total. The van der Waals surface area contributed by atoms with Crippen LogP contribution >= 0.6 is 0 Å². The number of carbonyl (C=O) groups excluding carboxylic acids is 1. The molecule has 1 aliphatic rings. The van der Waals surface area contributed by atoms with E-state index in [1.165, 1.54) is 18.2 Å². The van der Waals surface area contributed by atoms with E-state index in [9.17, 15) is 4.79 Å². The third-order valence-electron chi connectivity index (χ3n) is 3.81. The Morgan fingerprint density at radius 3 is 2.39 bits per heavy atom. The van der Waals surface area contributed by atoms with Crippen molar-refractivity contribution in [3.05, 3.63) is 35.4 Å². The fourth-order valence-corrected chi connectivity index (χ4v) is 2.69. The van der Waals surface area contributed by atoms with E-state index in [2.05, 4.69) is 31.3 Å². The van der Waals surface area contributed by atoms with E-state index in [0.717, 1.165) is 19.3 Å². The Kier molecular flexibility index (Phi) is 3.71. The fourth-order valence-electron chi connectivity index (χ4n) is 2.69. The van der Waals surface area contributed by atoms with Crippen LogP contribution < -0.4 is 5.32 Å². The van der Waals surface area contributed by atoms with Crippen LogP contribution in [0.15, 0.2) is 24.3 Å². The standard InChI is InChI=1S/C15H21NO2/c1-4-11(2)16-15(14(17)18-3)9-12-7-5-6-8-13(12)10-15/h5-8,11,16H,4,9-10H2,1-3H3. The normalized spacial score (nSPS) is 18.2. The second-order valence-electron chi connectivity index (χ2n) is 5.15. The van der Waals surface area contributed by atoms with Crippen molar-refractivity contribution >= 4 is 5.97 Å². The van der Waals surface area contributed by atoms with E-state index in [0.29, 0.717) is 6.04 Å². The molecule has 0 aliphatic heterocycles. The van der Waals surface area contributed by atoms with Crippen molar-refractivity contribution in [1.82, 2.24) is 5.32 Å². The first-order chi connectivity index (χ1) is 8.61. The van der Waals surface area contributed by atoms with Crippen LogP contribution in [0, 0.1) is 0 Å². The highest BCUT2D eigenvalue weighted by molar-refractivity contribution is 5.83. The molecule has 1 aromatic carbocycles. The number of benzene rings is 1. The van der Waals surface area contributed by atoms with Gasteiger partial charge in [-0.05, 0) is 24.5 Å². The Morgan fingerprint density at radius 1 is 1.39 bits per heavy atom. The molecule has 1 atom stereocenters. The molecule has 0 amide bonds. The lowest BCUT2D eigenvalue weighted by atomic mass is 9.94. The molecule has 0 fully saturated rings. The van der Waals surface area contributed by atoms with Crippen molar-refractivity contribution in [2.75, 3.05) is 7.11 Å². The number of hydrogen-bond donors (Lipinski definition) is 1. The number of esters is 1. The highest BCUT2D eigenvalue weighted by atomic mass is 16.5. The van der Waals surface area contributed by atoms with E-state index in [1.54, 1.807) is 0 Å². The van der Waals surface area contributed by atoms with Gasteiger partial charge in [0.15, 0.2) is 0 Å². The van der Waals surface area contributed by atoms with Crippen LogP contribution in [0.5, 0.6) is 0 Å². The van der Waals surface area contributed by atoms with Crippen molar-refractivity contribution in [3.8, 4) is 0 Å². The van der Waals surface area contributed by atoms with Crippen LogP contribution in [0.1, 0.15) is 31.4 Å². The molecule has 1 N–H and O–H groups in total. The summed E-state index contributed by atoms with van der Waals surface area (Å²) < 4.78 is 5.01. The smallest absolute Gasteiger partial charge is 0.326 e. The third kappa shape index (κ3) is 2.27. The first kappa shape index (κ1) is 13.1. The van der Waals surface area contributed by atoms with E-state index >= 15 is 0 Å². The Bertz CT molecular complexity index is 417. The van der Waals surface area contributed by atoms with Crippen LogP contribution in [-0.2, 0) is 22.4 Å². The molecule has 0 saturated carbocycles. The monoisotopic (exact) mass is 247 g/mol. The number of ether oxygens (including phenoxy) is 1. The van der Waals surface area contributed by atoms with Gasteiger partial charge >= 0.3 is 5.97 Å². The predicted molar refractivity (Wildman–Crippen MR) is 71.5 cm³/mol. The van der Waals surface area contributed by atoms with Gasteiger partial charge < -0.3 is 4.74 Å². The molecule has 1 aromatic rings. The molecule has 1 aliphatic carbocycles. The quantitative estimate of drug-likeness (QED) is 0.828. The van der Waals surface area contributed by atoms with Crippen LogP contribution in [0.3, 0.4) is 0 Å². The van der Waals surface area contributed by atoms with Crippen LogP contribution in [0.25, 0.3) is 0 Å². The Morgan fingerprint density at radius 2 is 1.94 bits per heavy atom. The Balaban J connectivity index is 2.28. The van der Waals surface area contributed by atoms with Crippen molar-refractivity contribution in [1.29, 1.82) is 0 Å². The molecule has 18 heavy (non-hydrogen) atoms. The molecule has 2 rings (SSSR count). The van der Waals surface area contributed by atoms with Gasteiger partial charge in [-0.2, -0.15) is 0 Å². The van der Waals surface area contributed by atoms with Gasteiger partial charge in [0.05, 0.1) is 7.11 Å². The minimum absolute atomic E-state index is 0.154. The average molecular weight is 247 g/mol. The summed E-state index contributed by atoms with van der Waals surface area (Å²) in [5.41, 5.74) is 1.92. The minimum Gasteiger partial charge on any atom is -0.468 e. The molecule has 0 radical (unpaired) electrons. The molecule has 0 aromatic heterocycles. The minimum atomic E-state index is -0.576. The molecule has 98 valence electrons. The van der Waals surface area contributed by atoms with Gasteiger partial charge in [0.2, 0.25) is 0 Å².